The Kier molecular flexibility index (Phi) is 11.5. The second kappa shape index (κ2) is 15.3. The molecule has 9 N–H and O–H groups in total. The number of aliphatic imine (C=N–C) groups is 1. The Bertz CT molecular complexity index is 1630. The van der Waals surface area contributed by atoms with Crippen LogP contribution < -0.4 is 28.2 Å². The lowest BCUT2D eigenvalue weighted by molar-refractivity contribution is 0.278. The van der Waals surface area contributed by atoms with Crippen LogP contribution in [0, 0.1) is 5.82 Å². The van der Waals surface area contributed by atoms with E-state index in [1.165, 1.54) is 4.57 Å². The molecule has 0 amide bonds. The minimum Gasteiger partial charge on any atom is -0.396 e. The van der Waals surface area contributed by atoms with Crippen molar-refractivity contribution in [3.63, 3.8) is 0 Å². The van der Waals surface area contributed by atoms with Crippen LogP contribution in [0.15, 0.2) is 58.4 Å². The number of rotatable bonds is 15. The van der Waals surface area contributed by atoms with E-state index >= 15 is 4.39 Å². The predicted molar refractivity (Wildman–Crippen MR) is 176 cm³/mol. The average Bonchev–Trinajstić information content (AvgIpc) is 3.39. The number of H-pyrrole nitrogens is 1. The monoisotopic (exact) mass is 624 g/mol. The van der Waals surface area contributed by atoms with E-state index in [4.69, 9.17) is 33.9 Å². The maximum absolute atomic E-state index is 15.1. The number of benzene rings is 2. The van der Waals surface area contributed by atoms with Gasteiger partial charge in [0.15, 0.2) is 11.8 Å². The molecule has 2 aromatic heterocycles. The molecule has 0 fully saturated rings. The summed E-state index contributed by atoms with van der Waals surface area (Å²) in [6.45, 7) is 4.80. The van der Waals surface area contributed by atoms with Gasteiger partial charge in [-0.1, -0.05) is 23.7 Å². The number of halogens is 2. The topological polar surface area (TPSA) is 173 Å². The summed E-state index contributed by atoms with van der Waals surface area (Å²) in [5.41, 5.74) is 20.3. The fourth-order valence-corrected chi connectivity index (χ4v) is 5.50. The van der Waals surface area contributed by atoms with Crippen molar-refractivity contribution in [1.29, 1.82) is 0 Å². The minimum absolute atomic E-state index is 0.0440. The van der Waals surface area contributed by atoms with Crippen molar-refractivity contribution in [2.24, 2.45) is 22.2 Å². The Balaban J connectivity index is 1.49. The van der Waals surface area contributed by atoms with E-state index in [9.17, 15) is 4.79 Å². The van der Waals surface area contributed by atoms with Crippen molar-refractivity contribution in [3.05, 3.63) is 81.1 Å². The summed E-state index contributed by atoms with van der Waals surface area (Å²) in [4.78, 5) is 24.5. The van der Waals surface area contributed by atoms with E-state index < -0.39 is 11.5 Å². The van der Waals surface area contributed by atoms with Gasteiger partial charge in [-0.2, -0.15) is 4.98 Å². The van der Waals surface area contributed by atoms with E-state index in [-0.39, 0.29) is 35.7 Å². The smallest absolute Gasteiger partial charge is 0.354 e. The molecule has 44 heavy (non-hydrogen) atoms. The lowest BCUT2D eigenvalue weighted by atomic mass is 10.0. The van der Waals surface area contributed by atoms with Crippen molar-refractivity contribution in [1.82, 2.24) is 19.9 Å². The van der Waals surface area contributed by atoms with E-state index in [1.54, 1.807) is 24.4 Å². The quantitative estimate of drug-likeness (QED) is 0.0844. The number of aliphatic hydroxyl groups is 1. The summed E-state index contributed by atoms with van der Waals surface area (Å²) >= 11 is 6.24. The first-order valence-electron chi connectivity index (χ1n) is 14.9. The Morgan fingerprint density at radius 3 is 2.57 bits per heavy atom. The van der Waals surface area contributed by atoms with Gasteiger partial charge in [0.1, 0.15) is 5.65 Å². The highest BCUT2D eigenvalue weighted by molar-refractivity contribution is 6.31. The Hall–Kier alpha value is -3.77. The number of aryl methyl sites for hydroxylation is 1. The molecule has 0 spiro atoms. The molecule has 0 aliphatic carbocycles. The van der Waals surface area contributed by atoms with Crippen LogP contribution in [0.2, 0.25) is 5.02 Å². The molecule has 2 aromatic carbocycles. The van der Waals surface area contributed by atoms with Crippen LogP contribution in [-0.4, -0.2) is 50.8 Å². The maximum atomic E-state index is 15.1. The fourth-order valence-electron chi connectivity index (χ4n) is 5.26. The van der Waals surface area contributed by atoms with Crippen LogP contribution in [0.4, 0.5) is 4.39 Å². The molecule has 4 aromatic rings. The molecule has 3 atom stereocenters. The highest BCUT2D eigenvalue weighted by atomic mass is 35.5. The lowest BCUT2D eigenvalue weighted by Gasteiger charge is -2.17. The predicted octanol–water partition coefficient (Wildman–Crippen LogP) is 4.30. The lowest BCUT2D eigenvalue weighted by Crippen LogP contribution is -2.28. The fraction of sp³-hybridized carbons (Fsp3) is 0.406. The normalized spacial score (nSPS) is 13.6. The molecule has 0 aliphatic heterocycles. The molecular formula is C32H42ClFN8O2. The van der Waals surface area contributed by atoms with Crippen molar-refractivity contribution in [2.45, 2.75) is 70.5 Å². The van der Waals surface area contributed by atoms with E-state index in [2.05, 4.69) is 27.2 Å². The average molecular weight is 625 g/mol. The summed E-state index contributed by atoms with van der Waals surface area (Å²) < 4.78 is 16.6. The SMILES string of the molecule is C[C@H](N)CCCc1cc(Cl)c(F)c(-c2cc3cn(-c4ccc([C@H](C)NCC[C@H](CCCO)N=C(N)N)cc4)c(=O)nc3[nH]2)c1. The molecule has 10 nitrogen and oxygen atoms in total. The molecule has 0 aliphatic rings. The van der Waals surface area contributed by atoms with Gasteiger partial charge in [-0.25, -0.2) is 9.18 Å². The first-order valence-corrected chi connectivity index (χ1v) is 15.3. The summed E-state index contributed by atoms with van der Waals surface area (Å²) in [5, 5.41) is 13.3. The molecule has 0 saturated heterocycles. The number of nitrogens with one attached hydrogen (secondary N) is 2. The number of guanidine groups is 1. The summed E-state index contributed by atoms with van der Waals surface area (Å²) in [6.07, 6.45) is 6.22. The van der Waals surface area contributed by atoms with Crippen molar-refractivity contribution in [2.75, 3.05) is 13.2 Å². The van der Waals surface area contributed by atoms with Crippen LogP contribution in [0.3, 0.4) is 0 Å². The third kappa shape index (κ3) is 8.66. The molecule has 0 bridgehead atoms. The number of aliphatic hydroxyl groups excluding tert-OH is 1. The van der Waals surface area contributed by atoms with Crippen LogP contribution in [0.5, 0.6) is 0 Å². The Labute approximate surface area is 261 Å². The molecule has 236 valence electrons. The summed E-state index contributed by atoms with van der Waals surface area (Å²) in [5.74, 6) is -0.482. The number of nitrogens with zero attached hydrogens (tertiary/aromatic N) is 3. The van der Waals surface area contributed by atoms with Gasteiger partial charge < -0.3 is 32.6 Å². The maximum Gasteiger partial charge on any atom is 0.354 e. The number of hydrogen-bond acceptors (Lipinski definition) is 6. The molecule has 0 unspecified atom stereocenters. The minimum atomic E-state index is -0.528. The molecule has 0 radical (unpaired) electrons. The highest BCUT2D eigenvalue weighted by Crippen LogP contribution is 2.31. The van der Waals surface area contributed by atoms with E-state index in [1.807, 2.05) is 31.2 Å². The summed E-state index contributed by atoms with van der Waals surface area (Å²) in [7, 11) is 0. The van der Waals surface area contributed by atoms with E-state index in [0.29, 0.717) is 47.4 Å². The zero-order chi connectivity index (χ0) is 31.8. The van der Waals surface area contributed by atoms with Gasteiger partial charge in [0.25, 0.3) is 0 Å². The zero-order valence-electron chi connectivity index (χ0n) is 25.2. The second-order valence-corrected chi connectivity index (χ2v) is 11.7. The number of nitrogens with two attached hydrogens (primary N) is 3. The van der Waals surface area contributed by atoms with E-state index in [0.717, 1.165) is 36.8 Å². The van der Waals surface area contributed by atoms with Crippen molar-refractivity contribution in [3.8, 4) is 16.9 Å². The standard InChI is InChI=1S/C32H42ClFN8O2/c1-19(35)5-3-6-21-15-26(29(34)27(33)16-21)28-17-23-18-42(32(44)41-30(23)40-28)25-10-8-22(9-11-25)20(2)38-13-12-24(7-4-14-43)39-31(36)37/h8-11,15-20,24,38,43H,3-7,12-14,35H2,1-2H3,(H4,36,37,39)(H,40,41,44)/t19-,20-,24-/m0/s1. The van der Waals surface area contributed by atoms with Gasteiger partial charge in [-0.15, -0.1) is 0 Å². The van der Waals surface area contributed by atoms with Gasteiger partial charge >= 0.3 is 5.69 Å². The van der Waals surface area contributed by atoms with Crippen LogP contribution in [0.1, 0.15) is 63.1 Å². The largest absolute Gasteiger partial charge is 0.396 e. The van der Waals surface area contributed by atoms with Gasteiger partial charge in [0.05, 0.1) is 22.4 Å². The third-order valence-electron chi connectivity index (χ3n) is 7.64. The first-order chi connectivity index (χ1) is 21.0. The van der Waals surface area contributed by atoms with Gasteiger partial charge in [-0.3, -0.25) is 9.56 Å². The van der Waals surface area contributed by atoms with Crippen LogP contribution in [-0.2, 0) is 6.42 Å². The number of aromatic nitrogens is 3. The molecule has 0 saturated carbocycles. The number of fused-ring (bicyclic) bond motifs is 1. The highest BCUT2D eigenvalue weighted by Gasteiger charge is 2.16. The molecule has 12 heteroatoms. The summed E-state index contributed by atoms with van der Waals surface area (Å²) in [6, 6.07) is 12.9. The first kappa shape index (κ1) is 33.1. The Morgan fingerprint density at radius 1 is 1.14 bits per heavy atom. The zero-order valence-corrected chi connectivity index (χ0v) is 25.9. The molecular weight excluding hydrogens is 583 g/mol. The number of aromatic amines is 1. The van der Waals surface area contributed by atoms with Gasteiger partial charge in [-0.05, 0) is 100 Å². The van der Waals surface area contributed by atoms with Gasteiger partial charge in [0.2, 0.25) is 0 Å². The molecule has 2 heterocycles. The van der Waals surface area contributed by atoms with Crippen molar-refractivity contribution >= 4 is 28.6 Å². The van der Waals surface area contributed by atoms with Gasteiger partial charge in [0, 0.05) is 35.8 Å². The van der Waals surface area contributed by atoms with Crippen LogP contribution in [0.25, 0.3) is 28.0 Å². The molecule has 4 rings (SSSR count). The third-order valence-corrected chi connectivity index (χ3v) is 7.91. The van der Waals surface area contributed by atoms with Crippen molar-refractivity contribution < 1.29 is 9.50 Å². The second-order valence-electron chi connectivity index (χ2n) is 11.3. The Morgan fingerprint density at radius 2 is 1.89 bits per heavy atom. The van der Waals surface area contributed by atoms with Crippen LogP contribution >= 0.6 is 11.6 Å². The number of hydrogen-bond donors (Lipinski definition) is 6.